The van der Waals surface area contributed by atoms with E-state index in [1.54, 1.807) is 7.11 Å². The van der Waals surface area contributed by atoms with Gasteiger partial charge in [-0.25, -0.2) is 0 Å². The summed E-state index contributed by atoms with van der Waals surface area (Å²) in [5.41, 5.74) is 0.369. The van der Waals surface area contributed by atoms with Gasteiger partial charge in [0.05, 0.1) is 0 Å². The van der Waals surface area contributed by atoms with Crippen LogP contribution in [0.2, 0.25) is 0 Å². The predicted molar refractivity (Wildman–Crippen MR) is 69.9 cm³/mol. The molecule has 0 aromatic heterocycles. The summed E-state index contributed by atoms with van der Waals surface area (Å²) in [5.74, 6) is 2.95. The number of carbonyl (C=O) groups excluding carboxylic acids is 1. The zero-order valence-corrected chi connectivity index (χ0v) is 11.2. The van der Waals surface area contributed by atoms with Crippen LogP contribution in [0, 0.1) is 23.2 Å². The third-order valence-electron chi connectivity index (χ3n) is 5.76. The minimum absolute atomic E-state index is 0.0384. The van der Waals surface area contributed by atoms with Crippen molar-refractivity contribution < 1.29 is 9.53 Å². The predicted octanol–water partition coefficient (Wildman–Crippen LogP) is 2.87. The van der Waals surface area contributed by atoms with Gasteiger partial charge >= 0.3 is 0 Å². The first-order valence-electron chi connectivity index (χ1n) is 6.80. The zero-order valence-electron chi connectivity index (χ0n) is 11.2. The van der Waals surface area contributed by atoms with E-state index < -0.39 is 11.0 Å². The van der Waals surface area contributed by atoms with Crippen molar-refractivity contribution in [3.63, 3.8) is 0 Å². The van der Waals surface area contributed by atoms with Crippen LogP contribution < -0.4 is 0 Å². The Morgan fingerprint density at radius 2 is 2.22 bits per heavy atom. The fourth-order valence-corrected chi connectivity index (χ4v) is 4.71. The van der Waals surface area contributed by atoms with Crippen molar-refractivity contribution in [2.45, 2.75) is 51.0 Å². The first kappa shape index (κ1) is 12.0. The normalized spacial score (nSPS) is 45.6. The summed E-state index contributed by atoms with van der Waals surface area (Å²) in [4.78, 5) is 12.9. The van der Waals surface area contributed by atoms with E-state index in [4.69, 9.17) is 11.2 Å². The summed E-state index contributed by atoms with van der Waals surface area (Å²) < 4.78 is 5.63. The lowest BCUT2D eigenvalue weighted by atomic mass is 9.46. The van der Waals surface area contributed by atoms with Gasteiger partial charge < -0.3 is 4.74 Å². The Kier molecular flexibility index (Phi) is 2.32. The van der Waals surface area contributed by atoms with Gasteiger partial charge in [0.25, 0.3) is 0 Å². The molecule has 2 fully saturated rings. The number of allylic oxidation sites excluding steroid dienone is 1. The van der Waals surface area contributed by atoms with E-state index >= 15 is 0 Å². The van der Waals surface area contributed by atoms with Crippen molar-refractivity contribution in [2.24, 2.45) is 10.8 Å². The molecule has 96 valence electrons. The molecule has 0 aromatic carbocycles. The van der Waals surface area contributed by atoms with Crippen molar-refractivity contribution in [1.29, 1.82) is 0 Å². The van der Waals surface area contributed by atoms with Crippen LogP contribution in [0.4, 0.5) is 0 Å². The van der Waals surface area contributed by atoms with Crippen LogP contribution in [0.3, 0.4) is 0 Å². The van der Waals surface area contributed by atoms with Crippen LogP contribution in [0.5, 0.6) is 0 Å². The Morgan fingerprint density at radius 1 is 1.44 bits per heavy atom. The number of fused-ring (bicyclic) bond motifs is 2. The van der Waals surface area contributed by atoms with Gasteiger partial charge in [0, 0.05) is 24.4 Å². The molecule has 0 aliphatic heterocycles. The summed E-state index contributed by atoms with van der Waals surface area (Å²) in [5, 5.41) is 0. The van der Waals surface area contributed by atoms with Crippen molar-refractivity contribution in [3.05, 3.63) is 11.6 Å². The number of ketones is 1. The average molecular weight is 244 g/mol. The lowest BCUT2D eigenvalue weighted by Crippen LogP contribution is -2.63. The quantitative estimate of drug-likeness (QED) is 0.551. The molecule has 2 heteroatoms. The molecule has 0 amide bonds. The molecule has 2 saturated carbocycles. The standard InChI is InChI=1S/C16H20O2/c1-4-7-14(2)13(17)16(18-3)10-9-15(14)8-5-6-12(15)11-16/h1,11H,5-10H2,2-3H3/t14-,15-,16-/m0/s1. The van der Waals surface area contributed by atoms with E-state index in [0.717, 1.165) is 25.7 Å². The Morgan fingerprint density at radius 3 is 2.89 bits per heavy atom. The maximum atomic E-state index is 12.9. The lowest BCUT2D eigenvalue weighted by Gasteiger charge is -2.58. The highest BCUT2D eigenvalue weighted by atomic mass is 16.5. The molecule has 0 aromatic rings. The number of terminal acetylenes is 1. The Balaban J connectivity index is 2.22. The second-order valence-electron chi connectivity index (χ2n) is 6.24. The summed E-state index contributed by atoms with van der Waals surface area (Å²) in [7, 11) is 1.65. The first-order valence-corrected chi connectivity index (χ1v) is 6.80. The van der Waals surface area contributed by atoms with Gasteiger partial charge in [-0.15, -0.1) is 12.3 Å². The number of hydrogen-bond acceptors (Lipinski definition) is 2. The van der Waals surface area contributed by atoms with Gasteiger partial charge in [-0.05, 0) is 38.2 Å². The summed E-state index contributed by atoms with van der Waals surface area (Å²) in [6.45, 7) is 2.07. The van der Waals surface area contributed by atoms with Gasteiger partial charge in [0.1, 0.15) is 5.60 Å². The number of methoxy groups -OCH3 is 1. The smallest absolute Gasteiger partial charge is 0.176 e. The monoisotopic (exact) mass is 244 g/mol. The van der Waals surface area contributed by atoms with E-state index in [1.165, 1.54) is 12.0 Å². The van der Waals surface area contributed by atoms with E-state index in [9.17, 15) is 4.79 Å². The summed E-state index contributed by atoms with van der Waals surface area (Å²) >= 11 is 0. The van der Waals surface area contributed by atoms with Gasteiger partial charge in [-0.2, -0.15) is 0 Å². The minimum Gasteiger partial charge on any atom is -0.366 e. The topological polar surface area (TPSA) is 26.3 Å². The van der Waals surface area contributed by atoms with Crippen LogP contribution in [0.25, 0.3) is 0 Å². The second kappa shape index (κ2) is 3.48. The molecule has 0 N–H and O–H groups in total. The minimum atomic E-state index is -0.687. The van der Waals surface area contributed by atoms with Crippen molar-refractivity contribution in [3.8, 4) is 12.3 Å². The molecule has 0 heterocycles. The van der Waals surface area contributed by atoms with Gasteiger partial charge in [-0.1, -0.05) is 12.5 Å². The highest BCUT2D eigenvalue weighted by Crippen LogP contribution is 2.67. The van der Waals surface area contributed by atoms with Gasteiger partial charge in [0.15, 0.2) is 5.78 Å². The van der Waals surface area contributed by atoms with Crippen molar-refractivity contribution in [2.75, 3.05) is 7.11 Å². The molecule has 18 heavy (non-hydrogen) atoms. The Bertz CT molecular complexity index is 484. The van der Waals surface area contributed by atoms with Gasteiger partial charge in [0.2, 0.25) is 0 Å². The van der Waals surface area contributed by atoms with Crippen LogP contribution in [0.15, 0.2) is 11.6 Å². The van der Waals surface area contributed by atoms with E-state index in [0.29, 0.717) is 6.42 Å². The lowest BCUT2D eigenvalue weighted by molar-refractivity contribution is -0.166. The largest absolute Gasteiger partial charge is 0.366 e. The molecule has 4 rings (SSSR count). The second-order valence-corrected chi connectivity index (χ2v) is 6.24. The molecule has 3 atom stereocenters. The van der Waals surface area contributed by atoms with Crippen LogP contribution in [-0.4, -0.2) is 18.5 Å². The van der Waals surface area contributed by atoms with Crippen LogP contribution in [-0.2, 0) is 9.53 Å². The molecule has 2 nitrogen and oxygen atoms in total. The maximum Gasteiger partial charge on any atom is 0.176 e. The Labute approximate surface area is 109 Å². The van der Waals surface area contributed by atoms with E-state index in [2.05, 4.69) is 18.9 Å². The van der Waals surface area contributed by atoms with Crippen molar-refractivity contribution in [1.82, 2.24) is 0 Å². The maximum absolute atomic E-state index is 12.9. The molecule has 2 bridgehead atoms. The van der Waals surface area contributed by atoms with E-state index in [1.807, 2.05) is 0 Å². The average Bonchev–Trinajstić information content (AvgIpc) is 2.80. The molecule has 0 unspecified atom stereocenters. The van der Waals surface area contributed by atoms with Crippen LogP contribution in [0.1, 0.15) is 45.4 Å². The number of carbonyl (C=O) groups is 1. The highest BCUT2D eigenvalue weighted by Gasteiger charge is 2.67. The Hall–Kier alpha value is -1.07. The number of hydrogen-bond donors (Lipinski definition) is 0. The van der Waals surface area contributed by atoms with Crippen LogP contribution >= 0.6 is 0 Å². The fraction of sp³-hybridized carbons (Fsp3) is 0.688. The third kappa shape index (κ3) is 1.07. The molecule has 0 radical (unpaired) electrons. The fourth-order valence-electron chi connectivity index (χ4n) is 4.71. The molecule has 1 spiro atoms. The molecular formula is C16H20O2. The number of ether oxygens (including phenoxy) is 1. The summed E-state index contributed by atoms with van der Waals surface area (Å²) in [6, 6.07) is 0. The van der Waals surface area contributed by atoms with E-state index in [-0.39, 0.29) is 11.2 Å². The van der Waals surface area contributed by atoms with Gasteiger partial charge in [-0.3, -0.25) is 4.79 Å². The number of Topliss-reactive ketones (excluding diaryl/α,β-unsaturated/α-hetero) is 1. The zero-order chi connectivity index (χ0) is 13.0. The highest BCUT2D eigenvalue weighted by molar-refractivity contribution is 5.98. The summed E-state index contributed by atoms with van der Waals surface area (Å²) in [6.07, 6.45) is 13.5. The molecule has 0 saturated heterocycles. The molecule has 4 aliphatic carbocycles. The molecular weight excluding hydrogens is 224 g/mol. The number of rotatable bonds is 2. The van der Waals surface area contributed by atoms with Crippen molar-refractivity contribution >= 4 is 5.78 Å². The molecule has 4 aliphatic rings. The first-order chi connectivity index (χ1) is 8.55. The third-order valence-corrected chi connectivity index (χ3v) is 5.76. The SMILES string of the molecule is C#CC[C@@]1(C)C(=O)[C@@]2(OC)C=C3CCC[C@]31CC2.